The van der Waals surface area contributed by atoms with Gasteiger partial charge in [0.2, 0.25) is 0 Å². The van der Waals surface area contributed by atoms with Gasteiger partial charge in [-0.2, -0.15) is 0 Å². The van der Waals surface area contributed by atoms with Gasteiger partial charge in [-0.25, -0.2) is 0 Å². The van der Waals surface area contributed by atoms with E-state index in [2.05, 4.69) is 47.9 Å². The molecule has 0 heterocycles. The first-order chi connectivity index (χ1) is 10.3. The predicted molar refractivity (Wildman–Crippen MR) is 94.6 cm³/mol. The van der Waals surface area contributed by atoms with Crippen molar-refractivity contribution in [3.05, 3.63) is 66.2 Å². The Morgan fingerprint density at radius 2 is 1.62 bits per heavy atom. The third-order valence-electron chi connectivity index (χ3n) is 3.53. The van der Waals surface area contributed by atoms with E-state index in [4.69, 9.17) is 12.2 Å². The second-order valence-corrected chi connectivity index (χ2v) is 5.57. The van der Waals surface area contributed by atoms with Crippen molar-refractivity contribution in [3.8, 4) is 0 Å². The molecule has 0 aromatic heterocycles. The number of anilines is 1. The summed E-state index contributed by atoms with van der Waals surface area (Å²) < 4.78 is 0. The lowest BCUT2D eigenvalue weighted by molar-refractivity contribution is 0.498. The Kier molecular flexibility index (Phi) is 6.22. The lowest BCUT2D eigenvalue weighted by Crippen LogP contribution is -2.33. The second kappa shape index (κ2) is 8.42. The molecule has 0 radical (unpaired) electrons. The quantitative estimate of drug-likeness (QED) is 0.780. The summed E-state index contributed by atoms with van der Waals surface area (Å²) in [6.45, 7) is 3.12. The van der Waals surface area contributed by atoms with Gasteiger partial charge in [0.05, 0.1) is 0 Å². The third-order valence-corrected chi connectivity index (χ3v) is 3.77. The predicted octanol–water partition coefficient (Wildman–Crippen LogP) is 4.24. The summed E-state index contributed by atoms with van der Waals surface area (Å²) in [5, 5.41) is 7.22. The number of rotatable bonds is 6. The summed E-state index contributed by atoms with van der Waals surface area (Å²) >= 11 is 5.34. The van der Waals surface area contributed by atoms with Gasteiger partial charge in [0.15, 0.2) is 5.11 Å². The van der Waals surface area contributed by atoms with Gasteiger partial charge in [-0.15, -0.1) is 0 Å². The van der Waals surface area contributed by atoms with Crippen LogP contribution in [0.5, 0.6) is 0 Å². The van der Waals surface area contributed by atoms with Crippen molar-refractivity contribution in [3.63, 3.8) is 0 Å². The normalized spacial score (nSPS) is 11.7. The van der Waals surface area contributed by atoms with E-state index in [1.165, 1.54) is 5.56 Å². The smallest absolute Gasteiger partial charge is 0.170 e. The maximum Gasteiger partial charge on any atom is 0.170 e. The molecule has 2 aromatic rings. The first-order valence-electron chi connectivity index (χ1n) is 7.41. The van der Waals surface area contributed by atoms with Crippen LogP contribution in [0.25, 0.3) is 0 Å². The fraction of sp³-hybridized carbons (Fsp3) is 0.278. The van der Waals surface area contributed by atoms with E-state index in [0.717, 1.165) is 25.1 Å². The van der Waals surface area contributed by atoms with Crippen LogP contribution >= 0.6 is 12.2 Å². The van der Waals surface area contributed by atoms with E-state index in [1.54, 1.807) is 0 Å². The van der Waals surface area contributed by atoms with Crippen LogP contribution in [0.2, 0.25) is 0 Å². The van der Waals surface area contributed by atoms with Crippen LogP contribution < -0.4 is 10.6 Å². The van der Waals surface area contributed by atoms with Crippen LogP contribution in [0.1, 0.15) is 18.9 Å². The standard InChI is InChI=1S/C18H22N2S/c1-2-15(13-16-9-5-3-6-10-16)14-19-18(21)20-17-11-7-4-8-12-17/h3-12,15H,2,13-14H2,1H3,(H2,19,20,21)/t15-/m1/s1. The highest BCUT2D eigenvalue weighted by atomic mass is 32.1. The molecule has 0 unspecified atom stereocenters. The Balaban J connectivity index is 1.79. The summed E-state index contributed by atoms with van der Waals surface area (Å²) in [5.41, 5.74) is 2.40. The van der Waals surface area contributed by atoms with Gasteiger partial charge in [0.1, 0.15) is 0 Å². The molecule has 21 heavy (non-hydrogen) atoms. The van der Waals surface area contributed by atoms with E-state index in [1.807, 2.05) is 30.3 Å². The molecule has 0 saturated carbocycles. The van der Waals surface area contributed by atoms with Gasteiger partial charge in [-0.1, -0.05) is 61.9 Å². The average molecular weight is 298 g/mol. The molecule has 0 bridgehead atoms. The van der Waals surface area contributed by atoms with Crippen molar-refractivity contribution in [1.29, 1.82) is 0 Å². The first kappa shape index (κ1) is 15.5. The highest BCUT2D eigenvalue weighted by molar-refractivity contribution is 7.80. The van der Waals surface area contributed by atoms with Gasteiger partial charge in [-0.05, 0) is 42.3 Å². The van der Waals surface area contributed by atoms with E-state index in [-0.39, 0.29) is 0 Å². The fourth-order valence-electron chi connectivity index (χ4n) is 2.24. The molecular formula is C18H22N2S. The Labute approximate surface area is 132 Å². The van der Waals surface area contributed by atoms with Crippen molar-refractivity contribution < 1.29 is 0 Å². The minimum absolute atomic E-state index is 0.586. The third kappa shape index (κ3) is 5.56. The molecule has 0 fully saturated rings. The van der Waals surface area contributed by atoms with E-state index in [0.29, 0.717) is 11.0 Å². The minimum Gasteiger partial charge on any atom is -0.362 e. The van der Waals surface area contributed by atoms with Crippen molar-refractivity contribution in [2.75, 3.05) is 11.9 Å². The lowest BCUT2D eigenvalue weighted by atomic mass is 9.97. The first-order valence-corrected chi connectivity index (χ1v) is 7.82. The SMILES string of the molecule is CC[C@@H](CNC(=S)Nc1ccccc1)Cc1ccccc1. The molecule has 2 N–H and O–H groups in total. The van der Waals surface area contributed by atoms with Gasteiger partial charge >= 0.3 is 0 Å². The maximum atomic E-state index is 5.34. The number of nitrogens with one attached hydrogen (secondary N) is 2. The molecule has 0 aliphatic rings. The average Bonchev–Trinajstić information content (AvgIpc) is 2.53. The van der Waals surface area contributed by atoms with E-state index < -0.39 is 0 Å². The van der Waals surface area contributed by atoms with Gasteiger partial charge in [0.25, 0.3) is 0 Å². The summed E-state index contributed by atoms with van der Waals surface area (Å²) in [6, 6.07) is 20.6. The highest BCUT2D eigenvalue weighted by Crippen LogP contribution is 2.11. The minimum atomic E-state index is 0.586. The van der Waals surface area contributed by atoms with Crippen molar-refractivity contribution >= 4 is 23.0 Å². The Bertz CT molecular complexity index is 540. The zero-order chi connectivity index (χ0) is 14.9. The number of hydrogen-bond donors (Lipinski definition) is 2. The van der Waals surface area contributed by atoms with Crippen LogP contribution in [-0.4, -0.2) is 11.7 Å². The topological polar surface area (TPSA) is 24.1 Å². The zero-order valence-corrected chi connectivity index (χ0v) is 13.2. The van der Waals surface area contributed by atoms with E-state index in [9.17, 15) is 0 Å². The van der Waals surface area contributed by atoms with Crippen LogP contribution in [-0.2, 0) is 6.42 Å². The largest absolute Gasteiger partial charge is 0.362 e. The molecule has 110 valence electrons. The molecule has 2 rings (SSSR count). The maximum absolute atomic E-state index is 5.34. The number of para-hydroxylation sites is 1. The molecule has 2 nitrogen and oxygen atoms in total. The second-order valence-electron chi connectivity index (χ2n) is 5.17. The van der Waals surface area contributed by atoms with Crippen molar-refractivity contribution in [2.24, 2.45) is 5.92 Å². The molecule has 3 heteroatoms. The Morgan fingerprint density at radius 1 is 1.00 bits per heavy atom. The van der Waals surface area contributed by atoms with Gasteiger partial charge in [0, 0.05) is 12.2 Å². The van der Waals surface area contributed by atoms with Crippen molar-refractivity contribution in [2.45, 2.75) is 19.8 Å². The van der Waals surface area contributed by atoms with Crippen LogP contribution in [0.4, 0.5) is 5.69 Å². The van der Waals surface area contributed by atoms with Crippen molar-refractivity contribution in [1.82, 2.24) is 5.32 Å². The number of hydrogen-bond acceptors (Lipinski definition) is 1. The zero-order valence-electron chi connectivity index (χ0n) is 12.4. The Morgan fingerprint density at radius 3 is 2.24 bits per heavy atom. The summed E-state index contributed by atoms with van der Waals surface area (Å²) in [6.07, 6.45) is 2.22. The highest BCUT2D eigenvalue weighted by Gasteiger charge is 2.08. The molecule has 1 atom stereocenters. The van der Waals surface area contributed by atoms with Gasteiger partial charge in [-0.3, -0.25) is 0 Å². The van der Waals surface area contributed by atoms with E-state index >= 15 is 0 Å². The lowest BCUT2D eigenvalue weighted by Gasteiger charge is -2.17. The molecule has 0 aliphatic heterocycles. The molecule has 0 aliphatic carbocycles. The fourth-order valence-corrected chi connectivity index (χ4v) is 2.44. The van der Waals surface area contributed by atoms with Crippen LogP contribution in [0.3, 0.4) is 0 Å². The molecular weight excluding hydrogens is 276 g/mol. The summed E-state index contributed by atoms with van der Waals surface area (Å²) in [5.74, 6) is 0.586. The number of benzene rings is 2. The van der Waals surface area contributed by atoms with Gasteiger partial charge < -0.3 is 10.6 Å². The Hall–Kier alpha value is -1.87. The number of thiocarbonyl (C=S) groups is 1. The van der Waals surface area contributed by atoms with Crippen LogP contribution in [0, 0.1) is 5.92 Å². The molecule has 0 saturated heterocycles. The monoisotopic (exact) mass is 298 g/mol. The summed E-state index contributed by atoms with van der Waals surface area (Å²) in [7, 11) is 0. The molecule has 0 spiro atoms. The summed E-state index contributed by atoms with van der Waals surface area (Å²) in [4.78, 5) is 0. The molecule has 2 aromatic carbocycles. The molecule has 0 amide bonds. The van der Waals surface area contributed by atoms with Crippen LogP contribution in [0.15, 0.2) is 60.7 Å².